The minimum absolute atomic E-state index is 0.142. The summed E-state index contributed by atoms with van der Waals surface area (Å²) in [5.41, 5.74) is 0.380. The second-order valence-corrected chi connectivity index (χ2v) is 8.18. The molecule has 1 aromatic carbocycles. The molecule has 0 aliphatic carbocycles. The maximum Gasteiger partial charge on any atom is 0.261 e. The molecule has 0 spiro atoms. The van der Waals surface area contributed by atoms with Gasteiger partial charge in [-0.2, -0.15) is 0 Å². The van der Waals surface area contributed by atoms with E-state index < -0.39 is 10.0 Å². The minimum Gasteiger partial charge on any atom is -0.474 e. The summed E-state index contributed by atoms with van der Waals surface area (Å²) in [7, 11) is -1.58. The molecule has 1 aliphatic rings. The van der Waals surface area contributed by atoms with Crippen molar-refractivity contribution in [3.63, 3.8) is 0 Å². The van der Waals surface area contributed by atoms with Crippen molar-refractivity contribution in [2.24, 2.45) is 0 Å². The topological polar surface area (TPSA) is 71.5 Å². The first-order valence-corrected chi connectivity index (χ1v) is 9.88. The van der Waals surface area contributed by atoms with E-state index in [4.69, 9.17) is 16.3 Å². The zero-order chi connectivity index (χ0) is 17.9. The number of nitrogens with zero attached hydrogens (tertiary/aromatic N) is 2. The monoisotopic (exact) mass is 381 g/mol. The Kier molecular flexibility index (Phi) is 5.46. The summed E-state index contributed by atoms with van der Waals surface area (Å²) in [6.07, 6.45) is 3.53. The lowest BCUT2D eigenvalue weighted by Gasteiger charge is -2.28. The number of ether oxygens (including phenoxy) is 1. The molecule has 2 heterocycles. The molecule has 0 atom stereocenters. The molecule has 1 N–H and O–H groups in total. The number of aromatic nitrogens is 1. The number of piperidine rings is 1. The number of hydrogen-bond acceptors (Lipinski definition) is 5. The number of likely N-dealkylation sites (tertiary alicyclic amines) is 1. The van der Waals surface area contributed by atoms with Gasteiger partial charge in [0.1, 0.15) is 6.10 Å². The van der Waals surface area contributed by atoms with Crippen molar-refractivity contribution in [1.29, 1.82) is 0 Å². The SMILES string of the molecule is CN1CCC(Oc2ccc(NS(=O)(=O)c3ccc(Cl)cc3)cn2)CC1. The molecule has 0 unspecified atom stereocenters. The molecule has 25 heavy (non-hydrogen) atoms. The number of benzene rings is 1. The fourth-order valence-electron chi connectivity index (χ4n) is 2.61. The highest BCUT2D eigenvalue weighted by molar-refractivity contribution is 7.92. The molecule has 8 heteroatoms. The minimum atomic E-state index is -3.67. The highest BCUT2D eigenvalue weighted by atomic mass is 35.5. The van der Waals surface area contributed by atoms with Crippen molar-refractivity contribution < 1.29 is 13.2 Å². The van der Waals surface area contributed by atoms with Gasteiger partial charge < -0.3 is 9.64 Å². The van der Waals surface area contributed by atoms with Crippen LogP contribution in [0.1, 0.15) is 12.8 Å². The van der Waals surface area contributed by atoms with Gasteiger partial charge in [-0.15, -0.1) is 0 Å². The van der Waals surface area contributed by atoms with Gasteiger partial charge in [-0.05, 0) is 50.2 Å². The summed E-state index contributed by atoms with van der Waals surface area (Å²) in [5.74, 6) is 0.504. The van der Waals surface area contributed by atoms with Crippen LogP contribution >= 0.6 is 11.6 Å². The average Bonchev–Trinajstić information content (AvgIpc) is 2.59. The lowest BCUT2D eigenvalue weighted by atomic mass is 10.1. The summed E-state index contributed by atoms with van der Waals surface area (Å²) in [5, 5.41) is 0.482. The van der Waals surface area contributed by atoms with Crippen molar-refractivity contribution in [3.8, 4) is 5.88 Å². The number of rotatable bonds is 5. The number of anilines is 1. The third kappa shape index (κ3) is 4.84. The summed E-state index contributed by atoms with van der Waals surface area (Å²) in [6.45, 7) is 2.01. The van der Waals surface area contributed by atoms with E-state index in [1.165, 1.54) is 30.5 Å². The van der Waals surface area contributed by atoms with E-state index >= 15 is 0 Å². The normalized spacial score (nSPS) is 16.6. The molecule has 0 bridgehead atoms. The van der Waals surface area contributed by atoms with Gasteiger partial charge in [0.25, 0.3) is 10.0 Å². The number of sulfonamides is 1. The van der Waals surface area contributed by atoms with Crippen LogP contribution in [0.3, 0.4) is 0 Å². The average molecular weight is 382 g/mol. The zero-order valence-electron chi connectivity index (χ0n) is 13.9. The fraction of sp³-hybridized carbons (Fsp3) is 0.353. The molecule has 3 rings (SSSR count). The third-order valence-corrected chi connectivity index (χ3v) is 5.71. The summed E-state index contributed by atoms with van der Waals surface area (Å²) in [6, 6.07) is 9.30. The standard InChI is InChI=1S/C17H20ClN3O3S/c1-21-10-8-15(9-11-21)24-17-7-4-14(12-19-17)20-25(22,23)16-5-2-13(18)3-6-16/h2-7,12,15,20H,8-11H2,1H3. The summed E-state index contributed by atoms with van der Waals surface area (Å²) >= 11 is 5.79. The van der Waals surface area contributed by atoms with Crippen LogP contribution in [0.4, 0.5) is 5.69 Å². The Morgan fingerprint density at radius 3 is 2.44 bits per heavy atom. The first kappa shape index (κ1) is 18.0. The van der Waals surface area contributed by atoms with Gasteiger partial charge in [0, 0.05) is 24.2 Å². The van der Waals surface area contributed by atoms with Crippen LogP contribution in [0.15, 0.2) is 47.5 Å². The van der Waals surface area contributed by atoms with E-state index in [1.54, 1.807) is 12.1 Å². The van der Waals surface area contributed by atoms with Crippen LogP contribution in [-0.2, 0) is 10.0 Å². The van der Waals surface area contributed by atoms with Gasteiger partial charge in [0.2, 0.25) is 5.88 Å². The second-order valence-electron chi connectivity index (χ2n) is 6.07. The molecule has 0 saturated carbocycles. The molecule has 2 aromatic rings. The molecule has 6 nitrogen and oxygen atoms in total. The van der Waals surface area contributed by atoms with Crippen LogP contribution in [0.5, 0.6) is 5.88 Å². The van der Waals surface area contributed by atoms with Gasteiger partial charge in [0.15, 0.2) is 0 Å². The van der Waals surface area contributed by atoms with E-state index in [0.717, 1.165) is 25.9 Å². The molecular weight excluding hydrogens is 362 g/mol. The van der Waals surface area contributed by atoms with Gasteiger partial charge in [-0.1, -0.05) is 11.6 Å². The highest BCUT2D eigenvalue weighted by Crippen LogP contribution is 2.21. The summed E-state index contributed by atoms with van der Waals surface area (Å²) < 4.78 is 33.0. The fourth-order valence-corrected chi connectivity index (χ4v) is 3.78. The molecular formula is C17H20ClN3O3S. The lowest BCUT2D eigenvalue weighted by molar-refractivity contribution is 0.110. The van der Waals surface area contributed by atoms with Crippen LogP contribution in [-0.4, -0.2) is 44.5 Å². The van der Waals surface area contributed by atoms with Crippen molar-refractivity contribution in [2.45, 2.75) is 23.8 Å². The molecule has 1 fully saturated rings. The van der Waals surface area contributed by atoms with E-state index in [-0.39, 0.29) is 11.0 Å². The largest absolute Gasteiger partial charge is 0.474 e. The molecule has 0 amide bonds. The van der Waals surface area contributed by atoms with E-state index in [0.29, 0.717) is 16.6 Å². The van der Waals surface area contributed by atoms with Gasteiger partial charge >= 0.3 is 0 Å². The smallest absolute Gasteiger partial charge is 0.261 e. The summed E-state index contributed by atoms with van der Waals surface area (Å²) in [4.78, 5) is 6.61. The maximum atomic E-state index is 12.3. The van der Waals surface area contributed by atoms with E-state index in [1.807, 2.05) is 0 Å². The number of hydrogen-bond donors (Lipinski definition) is 1. The Morgan fingerprint density at radius 1 is 1.16 bits per heavy atom. The first-order valence-electron chi connectivity index (χ1n) is 8.02. The van der Waals surface area contributed by atoms with Crippen molar-refractivity contribution in [1.82, 2.24) is 9.88 Å². The Bertz CT molecular complexity index is 802. The van der Waals surface area contributed by atoms with Gasteiger partial charge in [-0.25, -0.2) is 13.4 Å². The Morgan fingerprint density at radius 2 is 1.84 bits per heavy atom. The first-order chi connectivity index (χ1) is 11.9. The Hall–Kier alpha value is -1.83. The quantitative estimate of drug-likeness (QED) is 0.861. The lowest BCUT2D eigenvalue weighted by Crippen LogP contribution is -2.35. The highest BCUT2D eigenvalue weighted by Gasteiger charge is 2.19. The Balaban J connectivity index is 1.63. The predicted molar refractivity (Wildman–Crippen MR) is 97.6 cm³/mol. The molecule has 1 aliphatic heterocycles. The maximum absolute atomic E-state index is 12.3. The number of pyridine rings is 1. The third-order valence-electron chi connectivity index (χ3n) is 4.07. The molecule has 0 radical (unpaired) electrons. The van der Waals surface area contributed by atoms with Crippen LogP contribution < -0.4 is 9.46 Å². The predicted octanol–water partition coefficient (Wildman–Crippen LogP) is 3.01. The van der Waals surface area contributed by atoms with E-state index in [9.17, 15) is 8.42 Å². The van der Waals surface area contributed by atoms with Gasteiger partial charge in [-0.3, -0.25) is 4.72 Å². The molecule has 1 aromatic heterocycles. The molecule has 1 saturated heterocycles. The Labute approximate surface area is 152 Å². The van der Waals surface area contributed by atoms with Crippen LogP contribution in [0.25, 0.3) is 0 Å². The molecule has 134 valence electrons. The number of halogens is 1. The van der Waals surface area contributed by atoms with E-state index in [2.05, 4.69) is 21.7 Å². The van der Waals surface area contributed by atoms with Crippen LogP contribution in [0, 0.1) is 0 Å². The van der Waals surface area contributed by atoms with Crippen molar-refractivity contribution >= 4 is 27.3 Å². The number of nitrogens with one attached hydrogen (secondary N) is 1. The van der Waals surface area contributed by atoms with Gasteiger partial charge in [0.05, 0.1) is 16.8 Å². The van der Waals surface area contributed by atoms with Crippen LogP contribution in [0.2, 0.25) is 5.02 Å². The zero-order valence-corrected chi connectivity index (χ0v) is 15.4. The van der Waals surface area contributed by atoms with Crippen molar-refractivity contribution in [2.75, 3.05) is 24.9 Å². The second kappa shape index (κ2) is 7.59. The van der Waals surface area contributed by atoms with Crippen molar-refractivity contribution in [3.05, 3.63) is 47.6 Å².